The lowest BCUT2D eigenvalue weighted by Crippen LogP contribution is -2.50. The van der Waals surface area contributed by atoms with Crippen LogP contribution in [0.3, 0.4) is 0 Å². The fourth-order valence-corrected chi connectivity index (χ4v) is 3.20. The molecule has 154 valence electrons. The van der Waals surface area contributed by atoms with E-state index in [1.165, 1.54) is 6.92 Å². The fourth-order valence-electron chi connectivity index (χ4n) is 3.20. The van der Waals surface area contributed by atoms with Gasteiger partial charge >= 0.3 is 0 Å². The van der Waals surface area contributed by atoms with E-state index in [0.717, 1.165) is 11.1 Å². The Morgan fingerprint density at radius 3 is 2.48 bits per heavy atom. The summed E-state index contributed by atoms with van der Waals surface area (Å²) in [5.41, 5.74) is 1.88. The van der Waals surface area contributed by atoms with E-state index in [4.69, 9.17) is 4.52 Å². The highest BCUT2D eigenvalue weighted by atomic mass is 16.5. The number of carbonyl (C=O) groups excluding carboxylic acids is 3. The van der Waals surface area contributed by atoms with Gasteiger partial charge in [-0.2, -0.15) is 4.98 Å². The summed E-state index contributed by atoms with van der Waals surface area (Å²) in [4.78, 5) is 43.4. The molecule has 1 fully saturated rings. The van der Waals surface area contributed by atoms with E-state index in [1.54, 1.807) is 9.80 Å². The number of piperazine rings is 1. The van der Waals surface area contributed by atoms with E-state index in [-0.39, 0.29) is 43.0 Å². The highest BCUT2D eigenvalue weighted by Crippen LogP contribution is 2.19. The molecule has 1 N–H and O–H groups in total. The van der Waals surface area contributed by atoms with Crippen molar-refractivity contribution in [1.29, 1.82) is 0 Å². The summed E-state index contributed by atoms with van der Waals surface area (Å²) in [5, 5.41) is 6.64. The van der Waals surface area contributed by atoms with Gasteiger partial charge in [0.1, 0.15) is 6.42 Å². The van der Waals surface area contributed by atoms with Crippen LogP contribution in [-0.4, -0.2) is 70.4 Å². The van der Waals surface area contributed by atoms with Crippen LogP contribution in [0, 0.1) is 6.92 Å². The van der Waals surface area contributed by atoms with Gasteiger partial charge in [0.25, 0.3) is 0 Å². The van der Waals surface area contributed by atoms with Crippen molar-refractivity contribution in [2.75, 3.05) is 32.7 Å². The van der Waals surface area contributed by atoms with E-state index < -0.39 is 0 Å². The number of hydrogen-bond acceptors (Lipinski definition) is 6. The van der Waals surface area contributed by atoms with Crippen molar-refractivity contribution in [3.8, 4) is 11.4 Å². The molecular formula is C20H25N5O4. The zero-order chi connectivity index (χ0) is 20.8. The van der Waals surface area contributed by atoms with Gasteiger partial charge in [-0.1, -0.05) is 29.4 Å². The molecule has 0 unspecified atom stereocenters. The highest BCUT2D eigenvalue weighted by Gasteiger charge is 2.22. The number of nitrogens with one attached hydrogen (secondary N) is 1. The SMILES string of the molecule is CC(=O)N1CCN(C(=O)CCNC(=O)Cc2nc(-c3ccccc3C)no2)CC1. The van der Waals surface area contributed by atoms with E-state index in [2.05, 4.69) is 15.5 Å². The topological polar surface area (TPSA) is 109 Å². The average Bonchev–Trinajstić information content (AvgIpc) is 3.16. The molecule has 0 atom stereocenters. The quantitative estimate of drug-likeness (QED) is 0.769. The summed E-state index contributed by atoms with van der Waals surface area (Å²) in [6.45, 7) is 5.87. The largest absolute Gasteiger partial charge is 0.355 e. The lowest BCUT2D eigenvalue weighted by molar-refractivity contribution is -0.138. The molecule has 1 aliphatic rings. The lowest BCUT2D eigenvalue weighted by Gasteiger charge is -2.34. The maximum Gasteiger partial charge on any atom is 0.236 e. The third-order valence-corrected chi connectivity index (χ3v) is 4.90. The summed E-state index contributed by atoms with van der Waals surface area (Å²) in [6.07, 6.45) is 0.175. The Morgan fingerprint density at radius 2 is 1.79 bits per heavy atom. The van der Waals surface area contributed by atoms with Crippen molar-refractivity contribution >= 4 is 17.7 Å². The molecule has 0 bridgehead atoms. The second kappa shape index (κ2) is 9.31. The van der Waals surface area contributed by atoms with E-state index in [1.807, 2.05) is 31.2 Å². The number of rotatable bonds is 6. The number of aromatic nitrogens is 2. The molecule has 2 heterocycles. The fraction of sp³-hybridized carbons (Fsp3) is 0.450. The van der Waals surface area contributed by atoms with Gasteiger partial charge in [0.15, 0.2) is 0 Å². The molecule has 1 aliphatic heterocycles. The molecule has 1 aromatic heterocycles. The Balaban J connectivity index is 1.41. The zero-order valence-electron chi connectivity index (χ0n) is 16.7. The molecule has 9 heteroatoms. The molecule has 0 radical (unpaired) electrons. The van der Waals surface area contributed by atoms with Gasteiger partial charge in [0.05, 0.1) is 0 Å². The molecule has 1 aromatic carbocycles. The van der Waals surface area contributed by atoms with Gasteiger partial charge in [-0.15, -0.1) is 0 Å². The lowest BCUT2D eigenvalue weighted by atomic mass is 10.1. The van der Waals surface area contributed by atoms with Crippen LogP contribution >= 0.6 is 0 Å². The van der Waals surface area contributed by atoms with Crippen molar-refractivity contribution in [1.82, 2.24) is 25.3 Å². The Hall–Kier alpha value is -3.23. The molecule has 0 aliphatic carbocycles. The Bertz CT molecular complexity index is 887. The summed E-state index contributed by atoms with van der Waals surface area (Å²) in [6, 6.07) is 7.67. The van der Waals surface area contributed by atoms with Gasteiger partial charge in [-0.25, -0.2) is 0 Å². The third kappa shape index (κ3) is 5.40. The van der Waals surface area contributed by atoms with Crippen molar-refractivity contribution in [2.24, 2.45) is 0 Å². The minimum Gasteiger partial charge on any atom is -0.355 e. The Kier molecular flexibility index (Phi) is 6.58. The van der Waals surface area contributed by atoms with E-state index in [0.29, 0.717) is 32.0 Å². The smallest absolute Gasteiger partial charge is 0.236 e. The molecule has 29 heavy (non-hydrogen) atoms. The second-order valence-corrected chi connectivity index (χ2v) is 6.99. The van der Waals surface area contributed by atoms with Crippen LogP contribution in [0.1, 0.15) is 24.8 Å². The predicted molar refractivity (Wildman–Crippen MR) is 105 cm³/mol. The van der Waals surface area contributed by atoms with Crippen LogP contribution in [0.2, 0.25) is 0 Å². The number of carbonyl (C=O) groups is 3. The zero-order valence-corrected chi connectivity index (χ0v) is 16.7. The molecule has 2 aromatic rings. The maximum atomic E-state index is 12.2. The Labute approximate surface area is 169 Å². The summed E-state index contributed by atoms with van der Waals surface area (Å²) < 4.78 is 5.17. The maximum absolute atomic E-state index is 12.2. The molecule has 3 rings (SSSR count). The van der Waals surface area contributed by atoms with Gasteiger partial charge in [0, 0.05) is 51.6 Å². The molecule has 3 amide bonds. The second-order valence-electron chi connectivity index (χ2n) is 6.99. The number of aryl methyl sites for hydroxylation is 1. The monoisotopic (exact) mass is 399 g/mol. The van der Waals surface area contributed by atoms with Gasteiger partial charge in [-0.05, 0) is 12.5 Å². The van der Waals surface area contributed by atoms with Crippen LogP contribution in [0.25, 0.3) is 11.4 Å². The number of amides is 3. The summed E-state index contributed by atoms with van der Waals surface area (Å²) in [7, 11) is 0. The van der Waals surface area contributed by atoms with Crippen LogP contribution in [0.15, 0.2) is 28.8 Å². The molecule has 9 nitrogen and oxygen atoms in total. The number of nitrogens with zero attached hydrogens (tertiary/aromatic N) is 4. The van der Waals surface area contributed by atoms with Crippen LogP contribution in [0.5, 0.6) is 0 Å². The van der Waals surface area contributed by atoms with Crippen LogP contribution < -0.4 is 5.32 Å². The highest BCUT2D eigenvalue weighted by molar-refractivity contribution is 5.80. The van der Waals surface area contributed by atoms with Crippen LogP contribution in [-0.2, 0) is 20.8 Å². The average molecular weight is 399 g/mol. The first-order chi connectivity index (χ1) is 13.9. The van der Waals surface area contributed by atoms with E-state index in [9.17, 15) is 14.4 Å². The van der Waals surface area contributed by atoms with Crippen molar-refractivity contribution in [2.45, 2.75) is 26.7 Å². The first-order valence-corrected chi connectivity index (χ1v) is 9.62. The minimum absolute atomic E-state index is 0.0240. The third-order valence-electron chi connectivity index (χ3n) is 4.90. The Morgan fingerprint density at radius 1 is 1.10 bits per heavy atom. The molecule has 0 saturated carbocycles. The number of benzene rings is 1. The van der Waals surface area contributed by atoms with Crippen molar-refractivity contribution < 1.29 is 18.9 Å². The summed E-state index contributed by atoms with van der Waals surface area (Å²) in [5.74, 6) is 0.390. The van der Waals surface area contributed by atoms with Gasteiger partial charge in [-0.3, -0.25) is 14.4 Å². The number of hydrogen-bond donors (Lipinski definition) is 1. The minimum atomic E-state index is -0.279. The summed E-state index contributed by atoms with van der Waals surface area (Å²) >= 11 is 0. The van der Waals surface area contributed by atoms with Crippen LogP contribution in [0.4, 0.5) is 0 Å². The first kappa shape index (κ1) is 20.5. The standard InChI is InChI=1S/C20H25N5O4/c1-14-5-3-4-6-16(14)20-22-18(29-23-20)13-17(27)21-8-7-19(28)25-11-9-24(10-12-25)15(2)26/h3-6H,7-13H2,1-2H3,(H,21,27). The van der Waals surface area contributed by atoms with Gasteiger partial charge < -0.3 is 19.6 Å². The molecular weight excluding hydrogens is 374 g/mol. The first-order valence-electron chi connectivity index (χ1n) is 9.62. The van der Waals surface area contributed by atoms with Gasteiger partial charge in [0.2, 0.25) is 29.4 Å². The van der Waals surface area contributed by atoms with E-state index >= 15 is 0 Å². The predicted octanol–water partition coefficient (Wildman–Crippen LogP) is 0.785. The molecule has 1 saturated heterocycles. The normalized spacial score (nSPS) is 14.0. The molecule has 0 spiro atoms. The van der Waals surface area contributed by atoms with Crippen molar-refractivity contribution in [3.63, 3.8) is 0 Å². The van der Waals surface area contributed by atoms with Crippen molar-refractivity contribution in [3.05, 3.63) is 35.7 Å².